The molecule has 0 unspecified atom stereocenters. The first-order valence-electron chi connectivity index (χ1n) is 4.59. The van der Waals surface area contributed by atoms with Crippen LogP contribution >= 0.6 is 0 Å². The fourth-order valence-corrected chi connectivity index (χ4v) is 1.10. The third-order valence-corrected chi connectivity index (χ3v) is 1.81. The van der Waals surface area contributed by atoms with Crippen LogP contribution in [0, 0.1) is 0 Å². The number of hydrogen-bond acceptors (Lipinski definition) is 3. The van der Waals surface area contributed by atoms with Crippen LogP contribution in [0.1, 0.15) is 10.4 Å². The Morgan fingerprint density at radius 2 is 1.76 bits per heavy atom. The second-order valence-electron chi connectivity index (χ2n) is 3.05. The predicted molar refractivity (Wildman–Crippen MR) is 58.1 cm³/mol. The molecule has 0 heterocycles. The number of carboxylic acid groups (broad SMARTS) is 2. The molecular formula is C10H10N2O5. The molecule has 4 N–H and O–H groups in total. The molecule has 90 valence electrons. The topological polar surface area (TPSA) is 116 Å². The maximum Gasteiger partial charge on any atom is 0.337 e. The Balaban J connectivity index is 2.71. The van der Waals surface area contributed by atoms with E-state index < -0.39 is 24.5 Å². The molecule has 1 aromatic carbocycles. The van der Waals surface area contributed by atoms with Crippen molar-refractivity contribution in [2.45, 2.75) is 0 Å². The largest absolute Gasteiger partial charge is 0.480 e. The number of carbonyl (C=O) groups is 3. The molecule has 7 nitrogen and oxygen atoms in total. The number of aliphatic carboxylic acids is 1. The standard InChI is InChI=1S/C10H10N2O5/c13-8(14)5-11-10(17)12-7-4-2-1-3-6(7)9(15)16/h1-4H,5H2,(H,13,14)(H,15,16)(H2,11,12,17). The quantitative estimate of drug-likeness (QED) is 0.612. The van der Waals surface area contributed by atoms with E-state index in [1.54, 1.807) is 6.07 Å². The Labute approximate surface area is 96.1 Å². The Kier molecular flexibility index (Phi) is 4.04. The summed E-state index contributed by atoms with van der Waals surface area (Å²) in [5, 5.41) is 21.5. The van der Waals surface area contributed by atoms with E-state index in [2.05, 4.69) is 10.6 Å². The van der Waals surface area contributed by atoms with E-state index in [1.807, 2.05) is 0 Å². The van der Waals surface area contributed by atoms with Gasteiger partial charge in [0.25, 0.3) is 0 Å². The zero-order valence-corrected chi connectivity index (χ0v) is 8.64. The highest BCUT2D eigenvalue weighted by Gasteiger charge is 2.11. The minimum Gasteiger partial charge on any atom is -0.480 e. The molecule has 0 saturated carbocycles. The zero-order chi connectivity index (χ0) is 12.8. The first kappa shape index (κ1) is 12.5. The summed E-state index contributed by atoms with van der Waals surface area (Å²) in [4.78, 5) is 32.2. The van der Waals surface area contributed by atoms with E-state index in [-0.39, 0.29) is 11.3 Å². The molecule has 1 aromatic rings. The van der Waals surface area contributed by atoms with Crippen molar-refractivity contribution in [1.82, 2.24) is 5.32 Å². The number of anilines is 1. The molecule has 0 aromatic heterocycles. The van der Waals surface area contributed by atoms with Crippen LogP contribution in [0.3, 0.4) is 0 Å². The Morgan fingerprint density at radius 3 is 2.35 bits per heavy atom. The minimum atomic E-state index is -1.19. The van der Waals surface area contributed by atoms with Crippen LogP contribution in [0.2, 0.25) is 0 Å². The summed E-state index contributed by atoms with van der Waals surface area (Å²) in [7, 11) is 0. The van der Waals surface area contributed by atoms with Gasteiger partial charge in [-0.25, -0.2) is 9.59 Å². The normalized spacial score (nSPS) is 9.41. The van der Waals surface area contributed by atoms with Gasteiger partial charge in [-0.3, -0.25) is 4.79 Å². The molecule has 0 aliphatic rings. The fraction of sp³-hybridized carbons (Fsp3) is 0.100. The number of benzene rings is 1. The minimum absolute atomic E-state index is 0.0713. The summed E-state index contributed by atoms with van der Waals surface area (Å²) in [5.41, 5.74) is 0.0286. The maximum atomic E-state index is 11.2. The van der Waals surface area contributed by atoms with Gasteiger partial charge in [-0.2, -0.15) is 0 Å². The number of nitrogens with one attached hydrogen (secondary N) is 2. The molecule has 0 aliphatic heterocycles. The Bertz CT molecular complexity index is 458. The third-order valence-electron chi connectivity index (χ3n) is 1.81. The smallest absolute Gasteiger partial charge is 0.337 e. The number of aromatic carboxylic acids is 1. The highest BCUT2D eigenvalue weighted by molar-refractivity contribution is 6.00. The van der Waals surface area contributed by atoms with Gasteiger partial charge >= 0.3 is 18.0 Å². The van der Waals surface area contributed by atoms with Gasteiger partial charge in [0.05, 0.1) is 11.3 Å². The lowest BCUT2D eigenvalue weighted by molar-refractivity contribution is -0.135. The molecule has 0 atom stereocenters. The second-order valence-corrected chi connectivity index (χ2v) is 3.05. The Morgan fingerprint density at radius 1 is 1.12 bits per heavy atom. The molecule has 7 heteroatoms. The molecule has 17 heavy (non-hydrogen) atoms. The lowest BCUT2D eigenvalue weighted by Gasteiger charge is -2.08. The molecular weight excluding hydrogens is 228 g/mol. The summed E-state index contributed by atoms with van der Waals surface area (Å²) in [6.07, 6.45) is 0. The van der Waals surface area contributed by atoms with E-state index in [9.17, 15) is 14.4 Å². The van der Waals surface area contributed by atoms with Gasteiger partial charge in [0, 0.05) is 0 Å². The molecule has 0 spiro atoms. The number of hydrogen-bond donors (Lipinski definition) is 4. The third kappa shape index (κ3) is 3.82. The summed E-state index contributed by atoms with van der Waals surface area (Å²) in [6.45, 7) is -0.541. The van der Waals surface area contributed by atoms with Gasteiger partial charge in [-0.05, 0) is 12.1 Å². The van der Waals surface area contributed by atoms with Gasteiger partial charge in [0.2, 0.25) is 0 Å². The number of carbonyl (C=O) groups excluding carboxylic acids is 1. The lowest BCUT2D eigenvalue weighted by Crippen LogP contribution is -2.33. The van der Waals surface area contributed by atoms with Crippen LogP contribution in [0.15, 0.2) is 24.3 Å². The van der Waals surface area contributed by atoms with Gasteiger partial charge in [0.15, 0.2) is 0 Å². The van der Waals surface area contributed by atoms with Crippen molar-refractivity contribution in [2.24, 2.45) is 0 Å². The highest BCUT2D eigenvalue weighted by atomic mass is 16.4. The summed E-state index contributed by atoms with van der Waals surface area (Å²) in [6, 6.07) is 5.03. The first-order valence-corrected chi connectivity index (χ1v) is 4.59. The van der Waals surface area contributed by atoms with Crippen molar-refractivity contribution in [3.8, 4) is 0 Å². The van der Waals surface area contributed by atoms with Gasteiger partial charge in [-0.1, -0.05) is 12.1 Å². The average molecular weight is 238 g/mol. The van der Waals surface area contributed by atoms with Gasteiger partial charge < -0.3 is 20.8 Å². The summed E-state index contributed by atoms with van der Waals surface area (Å²) < 4.78 is 0. The monoisotopic (exact) mass is 238 g/mol. The number of carboxylic acids is 2. The number of rotatable bonds is 4. The average Bonchev–Trinajstić information content (AvgIpc) is 2.27. The number of amides is 2. The van der Waals surface area contributed by atoms with Crippen LogP contribution in [0.4, 0.5) is 10.5 Å². The van der Waals surface area contributed by atoms with Crippen LogP contribution in [0.5, 0.6) is 0 Å². The predicted octanol–water partition coefficient (Wildman–Crippen LogP) is 0.591. The molecule has 0 aliphatic carbocycles. The second kappa shape index (κ2) is 5.50. The fourth-order valence-electron chi connectivity index (χ4n) is 1.10. The van der Waals surface area contributed by atoms with Gasteiger partial charge in [0.1, 0.15) is 6.54 Å². The number of para-hydroxylation sites is 1. The van der Waals surface area contributed by atoms with E-state index in [4.69, 9.17) is 10.2 Å². The molecule has 0 bridgehead atoms. The maximum absolute atomic E-state index is 11.2. The van der Waals surface area contributed by atoms with Crippen molar-refractivity contribution in [3.63, 3.8) is 0 Å². The van der Waals surface area contributed by atoms with Crippen molar-refractivity contribution < 1.29 is 24.6 Å². The van der Waals surface area contributed by atoms with Crippen molar-refractivity contribution >= 4 is 23.7 Å². The van der Waals surface area contributed by atoms with Crippen molar-refractivity contribution in [2.75, 3.05) is 11.9 Å². The Hall–Kier alpha value is -2.57. The van der Waals surface area contributed by atoms with E-state index >= 15 is 0 Å². The summed E-state index contributed by atoms with van der Waals surface area (Å²) in [5.74, 6) is -2.37. The first-order chi connectivity index (χ1) is 8.00. The SMILES string of the molecule is O=C(O)CNC(=O)Nc1ccccc1C(=O)O. The van der Waals surface area contributed by atoms with E-state index in [0.717, 1.165) is 0 Å². The van der Waals surface area contributed by atoms with Gasteiger partial charge in [-0.15, -0.1) is 0 Å². The van der Waals surface area contributed by atoms with E-state index in [0.29, 0.717) is 0 Å². The molecule has 0 radical (unpaired) electrons. The van der Waals surface area contributed by atoms with Crippen LogP contribution in [0.25, 0.3) is 0 Å². The molecule has 0 saturated heterocycles. The molecule has 0 fully saturated rings. The zero-order valence-electron chi connectivity index (χ0n) is 8.64. The summed E-state index contributed by atoms with van der Waals surface area (Å²) >= 11 is 0. The lowest BCUT2D eigenvalue weighted by atomic mass is 10.2. The van der Waals surface area contributed by atoms with Crippen molar-refractivity contribution in [1.29, 1.82) is 0 Å². The van der Waals surface area contributed by atoms with Crippen LogP contribution in [-0.4, -0.2) is 34.7 Å². The molecule has 2 amide bonds. The van der Waals surface area contributed by atoms with Crippen molar-refractivity contribution in [3.05, 3.63) is 29.8 Å². The number of urea groups is 1. The van der Waals surface area contributed by atoms with E-state index in [1.165, 1.54) is 18.2 Å². The highest BCUT2D eigenvalue weighted by Crippen LogP contribution is 2.14. The van der Waals surface area contributed by atoms with Crippen LogP contribution < -0.4 is 10.6 Å². The molecule has 1 rings (SSSR count). The van der Waals surface area contributed by atoms with Crippen LogP contribution in [-0.2, 0) is 4.79 Å².